The molecule has 1 aliphatic rings. The van der Waals surface area contributed by atoms with Crippen molar-refractivity contribution in [1.29, 1.82) is 0 Å². The molecular weight excluding hydrogens is 412 g/mol. The lowest BCUT2D eigenvalue weighted by molar-refractivity contribution is 0.151. The molecule has 0 unspecified atom stereocenters. The summed E-state index contributed by atoms with van der Waals surface area (Å²) in [7, 11) is 0. The molecule has 0 spiro atoms. The molecule has 1 fully saturated rings. The topological polar surface area (TPSA) is 18.5 Å². The molecule has 1 heterocycles. The van der Waals surface area contributed by atoms with Gasteiger partial charge in [0, 0.05) is 31.9 Å². The van der Waals surface area contributed by atoms with E-state index in [9.17, 15) is 8.78 Å². The van der Waals surface area contributed by atoms with Crippen LogP contribution in [0.3, 0.4) is 0 Å². The van der Waals surface area contributed by atoms with E-state index in [-0.39, 0.29) is 17.7 Å². The number of benzene rings is 3. The van der Waals surface area contributed by atoms with E-state index >= 15 is 0 Å². The molecule has 0 amide bonds. The lowest BCUT2D eigenvalue weighted by Crippen LogP contribution is -2.51. The molecular formula is C25H25F2N3S. The highest BCUT2D eigenvalue weighted by Crippen LogP contribution is 2.30. The first-order valence-corrected chi connectivity index (χ1v) is 10.8. The van der Waals surface area contributed by atoms with Crippen LogP contribution in [0.25, 0.3) is 0 Å². The highest BCUT2D eigenvalue weighted by Gasteiger charge is 2.27. The zero-order valence-electron chi connectivity index (χ0n) is 17.4. The number of nitrogens with one attached hydrogen (secondary N) is 1. The van der Waals surface area contributed by atoms with Crippen LogP contribution in [0.4, 0.5) is 14.5 Å². The van der Waals surface area contributed by atoms with Gasteiger partial charge in [0.25, 0.3) is 0 Å². The molecule has 3 aromatic carbocycles. The van der Waals surface area contributed by atoms with E-state index in [0.717, 1.165) is 48.6 Å². The summed E-state index contributed by atoms with van der Waals surface area (Å²) in [6.45, 7) is 5.18. The predicted octanol–water partition coefficient (Wildman–Crippen LogP) is 5.38. The van der Waals surface area contributed by atoms with Crippen molar-refractivity contribution >= 4 is 23.0 Å². The number of aryl methyl sites for hydroxylation is 1. The zero-order valence-corrected chi connectivity index (χ0v) is 18.2. The minimum Gasteiger partial charge on any atom is -0.346 e. The van der Waals surface area contributed by atoms with Crippen molar-refractivity contribution in [2.75, 3.05) is 31.5 Å². The maximum atomic E-state index is 13.5. The number of hydrogen-bond acceptors (Lipinski definition) is 2. The molecule has 160 valence electrons. The smallest absolute Gasteiger partial charge is 0.173 e. The van der Waals surface area contributed by atoms with E-state index in [1.807, 2.05) is 18.2 Å². The Kier molecular flexibility index (Phi) is 6.59. The van der Waals surface area contributed by atoms with Crippen LogP contribution in [0, 0.1) is 18.6 Å². The van der Waals surface area contributed by atoms with Gasteiger partial charge in [-0.25, -0.2) is 8.78 Å². The van der Waals surface area contributed by atoms with Crippen LogP contribution >= 0.6 is 12.2 Å². The van der Waals surface area contributed by atoms with Gasteiger partial charge in [-0.05, 0) is 66.2 Å². The minimum atomic E-state index is -0.265. The van der Waals surface area contributed by atoms with Gasteiger partial charge in [0.15, 0.2) is 5.11 Å². The van der Waals surface area contributed by atoms with Crippen LogP contribution in [0.5, 0.6) is 0 Å². The first-order valence-electron chi connectivity index (χ1n) is 10.4. The Balaban J connectivity index is 1.48. The SMILES string of the molecule is Cc1ccccc1NC(=S)N1CCN(C(c2ccc(F)cc2)c2ccc(F)cc2)CC1. The normalized spacial score (nSPS) is 14.6. The Morgan fingerprint density at radius 3 is 1.84 bits per heavy atom. The number of hydrogen-bond donors (Lipinski definition) is 1. The van der Waals surface area contributed by atoms with Crippen molar-refractivity contribution in [1.82, 2.24) is 9.80 Å². The van der Waals surface area contributed by atoms with E-state index < -0.39 is 0 Å². The fraction of sp³-hybridized carbons (Fsp3) is 0.240. The van der Waals surface area contributed by atoms with E-state index in [2.05, 4.69) is 28.1 Å². The molecule has 0 saturated carbocycles. The average molecular weight is 438 g/mol. The van der Waals surface area contributed by atoms with Crippen LogP contribution < -0.4 is 5.32 Å². The number of nitrogens with zero attached hydrogens (tertiary/aromatic N) is 2. The molecule has 1 aliphatic heterocycles. The standard InChI is InChI=1S/C25H25F2N3S/c1-18-4-2-3-5-23(18)28-25(31)30-16-14-29(15-17-30)24(19-6-10-21(26)11-7-19)20-8-12-22(27)13-9-20/h2-13,24H,14-17H2,1H3,(H,28,31). The predicted molar refractivity (Wildman–Crippen MR) is 125 cm³/mol. The highest BCUT2D eigenvalue weighted by atomic mass is 32.1. The van der Waals surface area contributed by atoms with E-state index in [0.29, 0.717) is 5.11 Å². The molecule has 0 atom stereocenters. The minimum absolute atomic E-state index is 0.0683. The van der Waals surface area contributed by atoms with Gasteiger partial charge >= 0.3 is 0 Å². The second-order valence-corrected chi connectivity index (χ2v) is 8.16. The van der Waals surface area contributed by atoms with Crippen molar-refractivity contribution in [3.8, 4) is 0 Å². The average Bonchev–Trinajstić information content (AvgIpc) is 2.78. The summed E-state index contributed by atoms with van der Waals surface area (Å²) in [6.07, 6.45) is 0. The molecule has 1 N–H and O–H groups in total. The summed E-state index contributed by atoms with van der Waals surface area (Å²) < 4.78 is 27.0. The summed E-state index contributed by atoms with van der Waals surface area (Å²) in [4.78, 5) is 4.51. The Morgan fingerprint density at radius 2 is 1.32 bits per heavy atom. The van der Waals surface area contributed by atoms with Crippen LogP contribution in [-0.4, -0.2) is 41.1 Å². The zero-order chi connectivity index (χ0) is 21.8. The van der Waals surface area contributed by atoms with Gasteiger partial charge in [0.2, 0.25) is 0 Å². The van der Waals surface area contributed by atoms with Crippen molar-refractivity contribution in [3.63, 3.8) is 0 Å². The van der Waals surface area contributed by atoms with Gasteiger partial charge in [0.05, 0.1) is 6.04 Å². The lowest BCUT2D eigenvalue weighted by atomic mass is 9.96. The van der Waals surface area contributed by atoms with E-state index in [4.69, 9.17) is 12.2 Å². The largest absolute Gasteiger partial charge is 0.346 e. The maximum absolute atomic E-state index is 13.5. The summed E-state index contributed by atoms with van der Waals surface area (Å²) in [5.41, 5.74) is 4.14. The number of halogens is 2. The van der Waals surface area contributed by atoms with Gasteiger partial charge in [-0.2, -0.15) is 0 Å². The Bertz CT molecular complexity index is 984. The molecule has 1 saturated heterocycles. The third kappa shape index (κ3) is 5.09. The Hall–Kier alpha value is -2.83. The third-order valence-electron chi connectivity index (χ3n) is 5.72. The Morgan fingerprint density at radius 1 is 0.806 bits per heavy atom. The van der Waals surface area contributed by atoms with Gasteiger partial charge < -0.3 is 10.2 Å². The summed E-state index contributed by atoms with van der Waals surface area (Å²) in [5.74, 6) is -0.530. The van der Waals surface area contributed by atoms with Crippen LogP contribution in [0.1, 0.15) is 22.7 Å². The molecule has 0 bridgehead atoms. The Labute approximate surface area is 187 Å². The second-order valence-electron chi connectivity index (χ2n) is 7.77. The van der Waals surface area contributed by atoms with Crippen molar-refractivity contribution < 1.29 is 8.78 Å². The monoisotopic (exact) mass is 437 g/mol. The van der Waals surface area contributed by atoms with E-state index in [1.54, 1.807) is 24.3 Å². The third-order valence-corrected chi connectivity index (χ3v) is 6.09. The first-order chi connectivity index (χ1) is 15.0. The summed E-state index contributed by atoms with van der Waals surface area (Å²) >= 11 is 5.65. The molecule has 6 heteroatoms. The molecule has 4 rings (SSSR count). The maximum Gasteiger partial charge on any atom is 0.173 e. The fourth-order valence-electron chi connectivity index (χ4n) is 3.99. The molecule has 31 heavy (non-hydrogen) atoms. The highest BCUT2D eigenvalue weighted by molar-refractivity contribution is 7.80. The van der Waals surface area contributed by atoms with Gasteiger partial charge in [-0.15, -0.1) is 0 Å². The molecule has 3 aromatic rings. The first kappa shape index (κ1) is 21.4. The number of anilines is 1. The summed E-state index contributed by atoms with van der Waals surface area (Å²) in [6, 6.07) is 21.1. The van der Waals surface area contributed by atoms with Crippen molar-refractivity contribution in [3.05, 3.63) is 101 Å². The van der Waals surface area contributed by atoms with Crippen LogP contribution in [-0.2, 0) is 0 Å². The van der Waals surface area contributed by atoms with Crippen LogP contribution in [0.2, 0.25) is 0 Å². The fourth-order valence-corrected chi connectivity index (χ4v) is 4.29. The number of thiocarbonyl (C=S) groups is 1. The van der Waals surface area contributed by atoms with Crippen molar-refractivity contribution in [2.45, 2.75) is 13.0 Å². The molecule has 0 aliphatic carbocycles. The lowest BCUT2D eigenvalue weighted by Gasteiger charge is -2.40. The number of para-hydroxylation sites is 1. The number of rotatable bonds is 4. The van der Waals surface area contributed by atoms with Crippen molar-refractivity contribution in [2.24, 2.45) is 0 Å². The molecule has 0 aromatic heterocycles. The second kappa shape index (κ2) is 9.54. The quantitative estimate of drug-likeness (QED) is 0.553. The van der Waals surface area contributed by atoms with Gasteiger partial charge in [0.1, 0.15) is 11.6 Å². The molecule has 0 radical (unpaired) electrons. The number of piperazine rings is 1. The molecule has 3 nitrogen and oxygen atoms in total. The van der Waals surface area contributed by atoms with E-state index in [1.165, 1.54) is 24.3 Å². The summed E-state index contributed by atoms with van der Waals surface area (Å²) in [5, 5.41) is 4.07. The van der Waals surface area contributed by atoms with Gasteiger partial charge in [-0.1, -0.05) is 42.5 Å². The van der Waals surface area contributed by atoms with Crippen LogP contribution in [0.15, 0.2) is 72.8 Å². The van der Waals surface area contributed by atoms with Gasteiger partial charge in [-0.3, -0.25) is 4.90 Å².